The first-order valence-electron chi connectivity index (χ1n) is 8.93. The van der Waals surface area contributed by atoms with Gasteiger partial charge in [0.15, 0.2) is 0 Å². The third kappa shape index (κ3) is 3.78. The van der Waals surface area contributed by atoms with E-state index in [1.807, 2.05) is 0 Å². The van der Waals surface area contributed by atoms with Gasteiger partial charge in [-0.2, -0.15) is 0 Å². The molecule has 1 aromatic carbocycles. The van der Waals surface area contributed by atoms with Crippen molar-refractivity contribution < 1.29 is 13.9 Å². The smallest absolute Gasteiger partial charge is 0.256 e. The maximum atomic E-state index is 13.8. The standard InChI is InChI=1S/C19H27FN2O2/c1-14(2)11-22(15-7-9-24-10-8-15)16-12-21(13-16)19(23)17-5-3-4-6-18(17)20/h3-6,14-16H,7-13H2,1-2H3. The van der Waals surface area contributed by atoms with Crippen LogP contribution in [-0.4, -0.2) is 60.6 Å². The minimum absolute atomic E-state index is 0.178. The molecule has 2 heterocycles. The van der Waals surface area contributed by atoms with Crippen molar-refractivity contribution in [1.82, 2.24) is 9.80 Å². The Balaban J connectivity index is 1.62. The number of hydrogen-bond acceptors (Lipinski definition) is 3. The van der Waals surface area contributed by atoms with Crippen molar-refractivity contribution in [2.75, 3.05) is 32.8 Å². The number of rotatable bonds is 5. The summed E-state index contributed by atoms with van der Waals surface area (Å²) in [6.45, 7) is 8.53. The highest BCUT2D eigenvalue weighted by molar-refractivity contribution is 5.95. The molecular formula is C19H27FN2O2. The summed E-state index contributed by atoms with van der Waals surface area (Å²) in [4.78, 5) is 16.8. The average molecular weight is 334 g/mol. The van der Waals surface area contributed by atoms with Gasteiger partial charge in [0.05, 0.1) is 5.56 Å². The van der Waals surface area contributed by atoms with Crippen molar-refractivity contribution in [3.05, 3.63) is 35.6 Å². The number of likely N-dealkylation sites (tertiary alicyclic amines) is 1. The number of carbonyl (C=O) groups is 1. The summed E-state index contributed by atoms with van der Waals surface area (Å²) < 4.78 is 19.3. The van der Waals surface area contributed by atoms with Crippen molar-refractivity contribution in [2.45, 2.75) is 38.8 Å². The van der Waals surface area contributed by atoms with Crippen LogP contribution in [0.2, 0.25) is 0 Å². The van der Waals surface area contributed by atoms with E-state index in [9.17, 15) is 9.18 Å². The van der Waals surface area contributed by atoms with Gasteiger partial charge in [-0.1, -0.05) is 26.0 Å². The maximum Gasteiger partial charge on any atom is 0.256 e. The molecule has 132 valence electrons. The fraction of sp³-hybridized carbons (Fsp3) is 0.632. The van der Waals surface area contributed by atoms with Gasteiger partial charge < -0.3 is 9.64 Å². The molecule has 0 aliphatic carbocycles. The van der Waals surface area contributed by atoms with Crippen molar-refractivity contribution in [3.8, 4) is 0 Å². The van der Waals surface area contributed by atoms with Crippen molar-refractivity contribution in [3.63, 3.8) is 0 Å². The summed E-state index contributed by atoms with van der Waals surface area (Å²) in [5.74, 6) is -0.0422. The number of amides is 1. The van der Waals surface area contributed by atoms with Gasteiger partial charge in [0, 0.05) is 44.9 Å². The van der Waals surface area contributed by atoms with Crippen LogP contribution in [-0.2, 0) is 4.74 Å². The van der Waals surface area contributed by atoms with E-state index < -0.39 is 5.82 Å². The summed E-state index contributed by atoms with van der Waals surface area (Å²) in [5, 5.41) is 0. The molecule has 4 nitrogen and oxygen atoms in total. The van der Waals surface area contributed by atoms with Crippen LogP contribution in [0.1, 0.15) is 37.0 Å². The van der Waals surface area contributed by atoms with Crippen molar-refractivity contribution >= 4 is 5.91 Å². The summed E-state index contributed by atoms with van der Waals surface area (Å²) in [6, 6.07) is 7.15. The normalized spacial score (nSPS) is 19.8. The highest BCUT2D eigenvalue weighted by Gasteiger charge is 2.39. The molecule has 1 amide bonds. The van der Waals surface area contributed by atoms with Gasteiger partial charge in [0.2, 0.25) is 0 Å². The molecule has 0 N–H and O–H groups in total. The lowest BCUT2D eigenvalue weighted by molar-refractivity contribution is -0.0295. The second kappa shape index (κ2) is 7.62. The quantitative estimate of drug-likeness (QED) is 0.830. The largest absolute Gasteiger partial charge is 0.381 e. The van der Waals surface area contributed by atoms with E-state index in [0.717, 1.165) is 32.6 Å². The number of benzene rings is 1. The number of hydrogen-bond donors (Lipinski definition) is 0. The molecule has 5 heteroatoms. The van der Waals surface area contributed by atoms with Gasteiger partial charge >= 0.3 is 0 Å². The molecule has 2 aliphatic heterocycles. The van der Waals surface area contributed by atoms with Gasteiger partial charge in [-0.25, -0.2) is 4.39 Å². The molecule has 0 spiro atoms. The minimum atomic E-state index is -0.436. The molecule has 0 radical (unpaired) electrons. The zero-order valence-corrected chi connectivity index (χ0v) is 14.6. The van der Waals surface area contributed by atoms with E-state index in [1.165, 1.54) is 6.07 Å². The molecule has 0 bridgehead atoms. The van der Waals surface area contributed by atoms with Crippen molar-refractivity contribution in [1.29, 1.82) is 0 Å². The topological polar surface area (TPSA) is 32.8 Å². The van der Waals surface area contributed by atoms with Crippen LogP contribution < -0.4 is 0 Å². The fourth-order valence-corrected chi connectivity index (χ4v) is 3.67. The van der Waals surface area contributed by atoms with Gasteiger partial charge in [-0.05, 0) is 30.9 Å². The highest BCUT2D eigenvalue weighted by atomic mass is 19.1. The van der Waals surface area contributed by atoms with Crippen LogP contribution in [0, 0.1) is 11.7 Å². The minimum Gasteiger partial charge on any atom is -0.381 e. The van der Waals surface area contributed by atoms with Gasteiger partial charge in [-0.3, -0.25) is 9.69 Å². The molecule has 2 fully saturated rings. The van der Waals surface area contributed by atoms with E-state index >= 15 is 0 Å². The molecule has 2 aliphatic rings. The Hall–Kier alpha value is -1.46. The monoisotopic (exact) mass is 334 g/mol. The van der Waals surface area contributed by atoms with Crippen LogP contribution in [0.25, 0.3) is 0 Å². The number of ether oxygens (including phenoxy) is 1. The second-order valence-corrected chi connectivity index (χ2v) is 7.28. The fourth-order valence-electron chi connectivity index (χ4n) is 3.67. The second-order valence-electron chi connectivity index (χ2n) is 7.28. The lowest BCUT2D eigenvalue weighted by Crippen LogP contribution is -2.64. The average Bonchev–Trinajstić information content (AvgIpc) is 2.53. The van der Waals surface area contributed by atoms with Gasteiger partial charge in [0.25, 0.3) is 5.91 Å². The molecule has 0 aromatic heterocycles. The summed E-state index contributed by atoms with van der Waals surface area (Å²) in [7, 11) is 0. The molecule has 2 saturated heterocycles. The molecule has 0 saturated carbocycles. The van der Waals surface area contributed by atoms with E-state index in [-0.39, 0.29) is 11.5 Å². The highest BCUT2D eigenvalue weighted by Crippen LogP contribution is 2.25. The van der Waals surface area contributed by atoms with E-state index in [0.29, 0.717) is 31.1 Å². The molecular weight excluding hydrogens is 307 g/mol. The third-order valence-corrected chi connectivity index (χ3v) is 4.96. The SMILES string of the molecule is CC(C)CN(C1CCOCC1)C1CN(C(=O)c2ccccc2F)C1. The Kier molecular flexibility index (Phi) is 5.51. The molecule has 3 rings (SSSR count). The van der Waals surface area contributed by atoms with E-state index in [1.54, 1.807) is 23.1 Å². The lowest BCUT2D eigenvalue weighted by Gasteiger charge is -2.49. The summed E-state index contributed by atoms with van der Waals surface area (Å²) >= 11 is 0. The Morgan fingerprint density at radius 1 is 1.25 bits per heavy atom. The van der Waals surface area contributed by atoms with Crippen LogP contribution >= 0.6 is 0 Å². The van der Waals surface area contributed by atoms with E-state index in [4.69, 9.17) is 4.74 Å². The Bertz CT molecular complexity index is 566. The van der Waals surface area contributed by atoms with Crippen LogP contribution in [0.3, 0.4) is 0 Å². The van der Waals surface area contributed by atoms with E-state index in [2.05, 4.69) is 18.7 Å². The number of carbonyl (C=O) groups excluding carboxylic acids is 1. The van der Waals surface area contributed by atoms with Crippen LogP contribution in [0.4, 0.5) is 4.39 Å². The Morgan fingerprint density at radius 2 is 1.92 bits per heavy atom. The Morgan fingerprint density at radius 3 is 2.54 bits per heavy atom. The maximum absolute atomic E-state index is 13.8. The number of halogens is 1. The first-order chi connectivity index (χ1) is 11.6. The zero-order chi connectivity index (χ0) is 17.1. The molecule has 0 atom stereocenters. The first-order valence-corrected chi connectivity index (χ1v) is 8.93. The molecule has 1 aromatic rings. The van der Waals surface area contributed by atoms with Crippen LogP contribution in [0.15, 0.2) is 24.3 Å². The molecule has 0 unspecified atom stereocenters. The Labute approximate surface area is 143 Å². The number of nitrogens with zero attached hydrogens (tertiary/aromatic N) is 2. The third-order valence-electron chi connectivity index (χ3n) is 4.96. The predicted molar refractivity (Wildman–Crippen MR) is 91.5 cm³/mol. The summed E-state index contributed by atoms with van der Waals surface area (Å²) in [6.07, 6.45) is 2.12. The van der Waals surface area contributed by atoms with Crippen molar-refractivity contribution in [2.24, 2.45) is 5.92 Å². The first kappa shape index (κ1) is 17.4. The molecule has 24 heavy (non-hydrogen) atoms. The van der Waals surface area contributed by atoms with Crippen LogP contribution in [0.5, 0.6) is 0 Å². The summed E-state index contributed by atoms with van der Waals surface area (Å²) in [5.41, 5.74) is 0.178. The lowest BCUT2D eigenvalue weighted by atomic mass is 9.97. The van der Waals surface area contributed by atoms with Gasteiger partial charge in [0.1, 0.15) is 5.82 Å². The van der Waals surface area contributed by atoms with Gasteiger partial charge in [-0.15, -0.1) is 0 Å². The zero-order valence-electron chi connectivity index (χ0n) is 14.6. The predicted octanol–water partition coefficient (Wildman–Crippen LogP) is 2.79.